The van der Waals surface area contributed by atoms with Gasteiger partial charge in [-0.15, -0.1) is 0 Å². The molecule has 1 fully saturated rings. The smallest absolute Gasteiger partial charge is 0.246 e. The average Bonchev–Trinajstić information content (AvgIpc) is 2.85. The van der Waals surface area contributed by atoms with Crippen LogP contribution in [0, 0.1) is 16.7 Å². The van der Waals surface area contributed by atoms with Crippen molar-refractivity contribution in [3.63, 3.8) is 0 Å². The van der Waals surface area contributed by atoms with E-state index < -0.39 is 15.8 Å². The Bertz CT molecular complexity index is 885. The summed E-state index contributed by atoms with van der Waals surface area (Å²) in [5, 5.41) is 5.24. The fourth-order valence-corrected chi connectivity index (χ4v) is 5.14. The lowest BCUT2D eigenvalue weighted by Gasteiger charge is -2.33. The van der Waals surface area contributed by atoms with Crippen LogP contribution in [0.15, 0.2) is 29.2 Å². The van der Waals surface area contributed by atoms with Gasteiger partial charge in [0, 0.05) is 26.2 Å². The SMILES string of the molecule is Cc1nn(CN2CCN(S(=O)(=O)c3ccccc3F)CC2)c(=S)s1. The second-order valence-corrected chi connectivity index (χ2v) is 9.21. The molecule has 0 unspecified atom stereocenters. The second kappa shape index (κ2) is 6.96. The first-order chi connectivity index (χ1) is 11.4. The molecule has 1 aliphatic heterocycles. The lowest BCUT2D eigenvalue weighted by molar-refractivity contribution is 0.145. The van der Waals surface area contributed by atoms with Gasteiger partial charge in [0.15, 0.2) is 3.95 Å². The molecule has 24 heavy (non-hydrogen) atoms. The first-order valence-electron chi connectivity index (χ1n) is 7.39. The van der Waals surface area contributed by atoms with Crippen molar-refractivity contribution < 1.29 is 12.8 Å². The minimum atomic E-state index is -3.80. The molecule has 1 saturated heterocycles. The number of rotatable bonds is 4. The fraction of sp³-hybridized carbons (Fsp3) is 0.429. The van der Waals surface area contributed by atoms with Gasteiger partial charge in [-0.25, -0.2) is 17.5 Å². The lowest BCUT2D eigenvalue weighted by atomic mass is 10.3. The van der Waals surface area contributed by atoms with Crippen molar-refractivity contribution >= 4 is 33.6 Å². The van der Waals surface area contributed by atoms with Crippen molar-refractivity contribution in [3.8, 4) is 0 Å². The van der Waals surface area contributed by atoms with E-state index >= 15 is 0 Å². The summed E-state index contributed by atoms with van der Waals surface area (Å²) in [6, 6.07) is 5.47. The number of hydrogen-bond donors (Lipinski definition) is 0. The zero-order chi connectivity index (χ0) is 17.3. The lowest BCUT2D eigenvalue weighted by Crippen LogP contribution is -2.49. The molecular weight excluding hydrogens is 371 g/mol. The van der Waals surface area contributed by atoms with Crippen molar-refractivity contribution in [3.05, 3.63) is 39.0 Å². The molecule has 0 saturated carbocycles. The van der Waals surface area contributed by atoms with Crippen LogP contribution in [0.4, 0.5) is 4.39 Å². The van der Waals surface area contributed by atoms with Crippen molar-refractivity contribution in [2.75, 3.05) is 26.2 Å². The van der Waals surface area contributed by atoms with Crippen LogP contribution in [0.5, 0.6) is 0 Å². The molecule has 1 aliphatic rings. The Morgan fingerprint density at radius 3 is 2.50 bits per heavy atom. The molecule has 0 atom stereocenters. The van der Waals surface area contributed by atoms with Crippen molar-refractivity contribution in [2.45, 2.75) is 18.5 Å². The molecule has 0 aliphatic carbocycles. The van der Waals surface area contributed by atoms with Crippen LogP contribution in [0.3, 0.4) is 0 Å². The number of piperazine rings is 1. The zero-order valence-corrected chi connectivity index (χ0v) is 15.5. The van der Waals surface area contributed by atoms with E-state index in [4.69, 9.17) is 12.2 Å². The number of aryl methyl sites for hydroxylation is 1. The average molecular weight is 389 g/mol. The summed E-state index contributed by atoms with van der Waals surface area (Å²) in [4.78, 5) is 1.82. The minimum absolute atomic E-state index is 0.268. The van der Waals surface area contributed by atoms with Crippen LogP contribution in [-0.2, 0) is 16.7 Å². The minimum Gasteiger partial charge on any atom is -0.282 e. The van der Waals surface area contributed by atoms with Gasteiger partial charge in [-0.1, -0.05) is 23.5 Å². The molecule has 0 N–H and O–H groups in total. The number of halogens is 1. The Hall–Kier alpha value is -1.20. The Balaban J connectivity index is 1.68. The summed E-state index contributed by atoms with van der Waals surface area (Å²) in [5.41, 5.74) is 0. The zero-order valence-electron chi connectivity index (χ0n) is 13.1. The van der Waals surface area contributed by atoms with E-state index in [1.807, 2.05) is 6.92 Å². The molecule has 1 aromatic heterocycles. The molecule has 2 heterocycles. The third-order valence-electron chi connectivity index (χ3n) is 3.83. The maximum Gasteiger partial charge on any atom is 0.246 e. The van der Waals surface area contributed by atoms with Crippen molar-refractivity contribution in [2.24, 2.45) is 0 Å². The van der Waals surface area contributed by atoms with Gasteiger partial charge >= 0.3 is 0 Å². The standard InChI is InChI=1S/C14H17FN4O2S3/c1-11-16-19(14(22)23-11)10-17-6-8-18(9-7-17)24(20,21)13-5-3-2-4-12(13)15/h2-5H,6-10H2,1H3. The predicted octanol–water partition coefficient (Wildman–Crippen LogP) is 2.09. The normalized spacial score (nSPS) is 17.2. The number of sulfonamides is 1. The highest BCUT2D eigenvalue weighted by Crippen LogP contribution is 2.20. The van der Waals surface area contributed by atoms with Crippen LogP contribution >= 0.6 is 23.6 Å². The number of aromatic nitrogens is 2. The summed E-state index contributed by atoms with van der Waals surface area (Å²) < 4.78 is 42.7. The van der Waals surface area contributed by atoms with Crippen LogP contribution in [0.25, 0.3) is 0 Å². The van der Waals surface area contributed by atoms with E-state index in [1.54, 1.807) is 4.68 Å². The molecule has 0 spiro atoms. The van der Waals surface area contributed by atoms with Crippen LogP contribution in [0.1, 0.15) is 5.01 Å². The summed E-state index contributed by atoms with van der Waals surface area (Å²) in [7, 11) is -3.80. The van der Waals surface area contributed by atoms with Gasteiger partial charge in [0.2, 0.25) is 10.0 Å². The largest absolute Gasteiger partial charge is 0.282 e. The highest BCUT2D eigenvalue weighted by molar-refractivity contribution is 7.89. The molecule has 0 bridgehead atoms. The van der Waals surface area contributed by atoms with Gasteiger partial charge in [-0.05, 0) is 31.3 Å². The molecule has 130 valence electrons. The quantitative estimate of drug-likeness (QED) is 0.751. The van der Waals surface area contributed by atoms with Gasteiger partial charge in [0.05, 0.1) is 6.67 Å². The third kappa shape index (κ3) is 3.57. The molecular formula is C14H17FN4O2S3. The Morgan fingerprint density at radius 1 is 1.25 bits per heavy atom. The molecule has 6 nitrogen and oxygen atoms in total. The molecule has 0 amide bonds. The maximum atomic E-state index is 13.8. The molecule has 10 heteroatoms. The molecule has 2 aromatic rings. The first kappa shape index (κ1) is 17.6. The molecule has 1 aromatic carbocycles. The Morgan fingerprint density at radius 2 is 1.92 bits per heavy atom. The Kier molecular flexibility index (Phi) is 5.11. The summed E-state index contributed by atoms with van der Waals surface area (Å²) in [5.74, 6) is -0.718. The van der Waals surface area contributed by atoms with Gasteiger partial charge < -0.3 is 0 Å². The predicted molar refractivity (Wildman–Crippen MR) is 92.4 cm³/mol. The van der Waals surface area contributed by atoms with Crippen molar-refractivity contribution in [1.82, 2.24) is 19.0 Å². The number of benzene rings is 1. The molecule has 0 radical (unpaired) electrons. The summed E-state index contributed by atoms with van der Waals surface area (Å²) in [6.45, 7) is 4.16. The van der Waals surface area contributed by atoms with E-state index in [9.17, 15) is 12.8 Å². The van der Waals surface area contributed by atoms with E-state index in [-0.39, 0.29) is 4.90 Å². The fourth-order valence-electron chi connectivity index (χ4n) is 2.59. The van der Waals surface area contributed by atoms with E-state index in [1.165, 1.54) is 33.8 Å². The third-order valence-corrected chi connectivity index (χ3v) is 6.98. The van der Waals surface area contributed by atoms with Gasteiger partial charge in [-0.3, -0.25) is 4.90 Å². The molecule has 3 rings (SSSR count). The summed E-state index contributed by atoms with van der Waals surface area (Å²) >= 11 is 6.70. The van der Waals surface area contributed by atoms with Gasteiger partial charge in [-0.2, -0.15) is 9.40 Å². The van der Waals surface area contributed by atoms with Gasteiger partial charge in [0.25, 0.3) is 0 Å². The Labute approximate surface area is 149 Å². The topological polar surface area (TPSA) is 58.4 Å². The van der Waals surface area contributed by atoms with Crippen molar-refractivity contribution in [1.29, 1.82) is 0 Å². The maximum absolute atomic E-state index is 13.8. The van der Waals surface area contributed by atoms with E-state index in [0.29, 0.717) is 36.8 Å². The van der Waals surface area contributed by atoms with Crippen LogP contribution < -0.4 is 0 Å². The highest BCUT2D eigenvalue weighted by Gasteiger charge is 2.30. The van der Waals surface area contributed by atoms with Gasteiger partial charge in [0.1, 0.15) is 15.7 Å². The van der Waals surface area contributed by atoms with E-state index in [2.05, 4.69) is 10.00 Å². The summed E-state index contributed by atoms with van der Waals surface area (Å²) in [6.07, 6.45) is 0. The highest BCUT2D eigenvalue weighted by atomic mass is 32.2. The van der Waals surface area contributed by atoms with E-state index in [0.717, 1.165) is 11.1 Å². The number of hydrogen-bond acceptors (Lipinski definition) is 6. The van der Waals surface area contributed by atoms with Crippen LogP contribution in [-0.4, -0.2) is 53.6 Å². The first-order valence-corrected chi connectivity index (χ1v) is 10.1. The second-order valence-electron chi connectivity index (χ2n) is 5.48. The monoisotopic (exact) mass is 388 g/mol. The van der Waals surface area contributed by atoms with Crippen LogP contribution in [0.2, 0.25) is 0 Å². The number of nitrogens with zero attached hydrogens (tertiary/aromatic N) is 4.